The van der Waals surface area contributed by atoms with Gasteiger partial charge in [0.25, 0.3) is 5.91 Å². The molecule has 3 aromatic rings. The Morgan fingerprint density at radius 3 is 2.48 bits per heavy atom. The molecule has 1 amide bonds. The molecule has 0 saturated carbocycles. The number of H-pyrrole nitrogens is 1. The minimum Gasteiger partial charge on any atom is -0.451 e. The lowest BCUT2D eigenvalue weighted by Gasteiger charge is -2.22. The zero-order valence-corrected chi connectivity index (χ0v) is 16.2. The summed E-state index contributed by atoms with van der Waals surface area (Å²) in [5, 5.41) is 10.2. The second-order valence-electron chi connectivity index (χ2n) is 7.19. The van der Waals surface area contributed by atoms with E-state index in [0.717, 1.165) is 18.6 Å². The predicted molar refractivity (Wildman–Crippen MR) is 112 cm³/mol. The Kier molecular flexibility index (Phi) is 5.74. The van der Waals surface area contributed by atoms with Crippen molar-refractivity contribution < 1.29 is 14.3 Å². The number of rotatable bonds is 5. The third kappa shape index (κ3) is 4.56. The van der Waals surface area contributed by atoms with Gasteiger partial charge in [0.15, 0.2) is 12.3 Å². The molecule has 1 aromatic heterocycles. The van der Waals surface area contributed by atoms with E-state index < -0.39 is 5.97 Å². The quantitative estimate of drug-likeness (QED) is 0.646. The zero-order valence-electron chi connectivity index (χ0n) is 16.2. The van der Waals surface area contributed by atoms with Crippen molar-refractivity contribution in [2.24, 2.45) is 0 Å². The summed E-state index contributed by atoms with van der Waals surface area (Å²) >= 11 is 0. The van der Waals surface area contributed by atoms with Gasteiger partial charge in [-0.3, -0.25) is 9.89 Å². The van der Waals surface area contributed by atoms with Crippen molar-refractivity contribution in [3.05, 3.63) is 54.2 Å². The summed E-state index contributed by atoms with van der Waals surface area (Å²) in [4.78, 5) is 26.8. The van der Waals surface area contributed by atoms with Crippen LogP contribution in [0.5, 0.6) is 0 Å². The van der Waals surface area contributed by atoms with Crippen molar-refractivity contribution in [1.82, 2.24) is 10.2 Å². The highest BCUT2D eigenvalue weighted by Gasteiger charge is 2.17. The number of hydrogen-bond donors (Lipinski definition) is 2. The molecule has 7 heteroatoms. The number of carbonyl (C=O) groups is 2. The van der Waals surface area contributed by atoms with Crippen molar-refractivity contribution in [2.45, 2.75) is 25.7 Å². The van der Waals surface area contributed by atoms with Gasteiger partial charge in [0.05, 0.1) is 5.52 Å². The van der Waals surface area contributed by atoms with E-state index in [-0.39, 0.29) is 18.2 Å². The molecule has 2 heterocycles. The fourth-order valence-electron chi connectivity index (χ4n) is 3.60. The normalized spacial score (nSPS) is 14.4. The summed E-state index contributed by atoms with van der Waals surface area (Å²) in [6, 6.07) is 15.0. The lowest BCUT2D eigenvalue weighted by atomic mass is 10.2. The summed E-state index contributed by atoms with van der Waals surface area (Å²) in [5.41, 5.74) is 2.76. The molecule has 4 rings (SSSR count). The first-order valence-electron chi connectivity index (χ1n) is 9.96. The summed E-state index contributed by atoms with van der Waals surface area (Å²) in [6.07, 6.45) is 5.01. The van der Waals surface area contributed by atoms with Crippen molar-refractivity contribution >= 4 is 34.2 Å². The zero-order chi connectivity index (χ0) is 20.1. The van der Waals surface area contributed by atoms with E-state index >= 15 is 0 Å². The first-order valence-corrected chi connectivity index (χ1v) is 9.96. The van der Waals surface area contributed by atoms with Gasteiger partial charge in [0.2, 0.25) is 0 Å². The van der Waals surface area contributed by atoms with E-state index in [1.54, 1.807) is 6.07 Å². The Labute approximate surface area is 169 Å². The van der Waals surface area contributed by atoms with Gasteiger partial charge in [-0.15, -0.1) is 0 Å². The third-order valence-corrected chi connectivity index (χ3v) is 5.12. The highest BCUT2D eigenvalue weighted by molar-refractivity contribution is 6.03. The van der Waals surface area contributed by atoms with Gasteiger partial charge in [-0.1, -0.05) is 31.0 Å². The van der Waals surface area contributed by atoms with E-state index in [1.807, 2.05) is 42.5 Å². The number of ether oxygens (including phenoxy) is 1. The largest absolute Gasteiger partial charge is 0.451 e. The number of fused-ring (bicyclic) bond motifs is 1. The average molecular weight is 392 g/mol. The van der Waals surface area contributed by atoms with Crippen LogP contribution in [0.1, 0.15) is 36.2 Å². The summed E-state index contributed by atoms with van der Waals surface area (Å²) < 4.78 is 5.12. The van der Waals surface area contributed by atoms with Crippen LogP contribution in [0, 0.1) is 0 Å². The molecule has 2 aromatic carbocycles. The molecule has 2 N–H and O–H groups in total. The van der Waals surface area contributed by atoms with Gasteiger partial charge in [-0.25, -0.2) is 4.79 Å². The monoisotopic (exact) mass is 392 g/mol. The maximum Gasteiger partial charge on any atom is 0.359 e. The number of para-hydroxylation sites is 1. The molecule has 0 radical (unpaired) electrons. The molecule has 0 unspecified atom stereocenters. The minimum atomic E-state index is -0.630. The van der Waals surface area contributed by atoms with Gasteiger partial charge in [-0.2, -0.15) is 5.10 Å². The van der Waals surface area contributed by atoms with E-state index in [2.05, 4.69) is 20.4 Å². The van der Waals surface area contributed by atoms with Crippen LogP contribution in [0.4, 0.5) is 11.4 Å². The van der Waals surface area contributed by atoms with Crippen LogP contribution in [-0.4, -0.2) is 41.8 Å². The van der Waals surface area contributed by atoms with Crippen LogP contribution in [-0.2, 0) is 9.53 Å². The molecular weight excluding hydrogens is 368 g/mol. The topological polar surface area (TPSA) is 87.3 Å². The molecule has 0 aliphatic carbocycles. The average Bonchev–Trinajstić information content (AvgIpc) is 2.99. The molecule has 1 fully saturated rings. The third-order valence-electron chi connectivity index (χ3n) is 5.12. The summed E-state index contributed by atoms with van der Waals surface area (Å²) in [7, 11) is 0. The summed E-state index contributed by atoms with van der Waals surface area (Å²) in [6.45, 7) is 1.78. The number of amides is 1. The van der Waals surface area contributed by atoms with Crippen LogP contribution >= 0.6 is 0 Å². The molecule has 0 spiro atoms. The Morgan fingerprint density at radius 2 is 1.72 bits per heavy atom. The number of benzene rings is 2. The van der Waals surface area contributed by atoms with Crippen LogP contribution < -0.4 is 10.2 Å². The first-order chi connectivity index (χ1) is 14.2. The molecule has 1 aliphatic rings. The van der Waals surface area contributed by atoms with E-state index in [9.17, 15) is 9.59 Å². The highest BCUT2D eigenvalue weighted by atomic mass is 16.5. The van der Waals surface area contributed by atoms with Crippen LogP contribution in [0.2, 0.25) is 0 Å². The number of carbonyl (C=O) groups excluding carboxylic acids is 2. The Bertz CT molecular complexity index is 989. The highest BCUT2D eigenvalue weighted by Crippen LogP contribution is 2.21. The van der Waals surface area contributed by atoms with Crippen LogP contribution in [0.15, 0.2) is 48.5 Å². The van der Waals surface area contributed by atoms with Crippen LogP contribution in [0.25, 0.3) is 10.9 Å². The second-order valence-corrected chi connectivity index (χ2v) is 7.19. The number of aromatic nitrogens is 2. The van der Waals surface area contributed by atoms with Gasteiger partial charge < -0.3 is 15.0 Å². The van der Waals surface area contributed by atoms with Gasteiger partial charge >= 0.3 is 5.97 Å². The lowest BCUT2D eigenvalue weighted by molar-refractivity contribution is -0.119. The van der Waals surface area contributed by atoms with Crippen molar-refractivity contribution in [1.29, 1.82) is 0 Å². The number of anilines is 2. The summed E-state index contributed by atoms with van der Waals surface area (Å²) in [5.74, 6) is -1.02. The number of nitrogens with zero attached hydrogens (tertiary/aromatic N) is 2. The van der Waals surface area contributed by atoms with Crippen LogP contribution in [0.3, 0.4) is 0 Å². The number of nitrogens with one attached hydrogen (secondary N) is 2. The smallest absolute Gasteiger partial charge is 0.359 e. The van der Waals surface area contributed by atoms with E-state index in [1.165, 1.54) is 31.4 Å². The number of esters is 1. The molecular formula is C22H24N4O3. The molecule has 29 heavy (non-hydrogen) atoms. The number of hydrogen-bond acceptors (Lipinski definition) is 5. The van der Waals surface area contributed by atoms with Crippen molar-refractivity contribution in [2.75, 3.05) is 29.9 Å². The molecule has 1 saturated heterocycles. The SMILES string of the molecule is O=C(COC(=O)c1n[nH]c2ccccc12)Nc1ccc(N2CCCCCC2)cc1. The van der Waals surface area contributed by atoms with Crippen molar-refractivity contribution in [3.8, 4) is 0 Å². The Balaban J connectivity index is 1.30. The maximum atomic E-state index is 12.2. The van der Waals surface area contributed by atoms with Gasteiger partial charge in [0.1, 0.15) is 0 Å². The number of aromatic amines is 1. The van der Waals surface area contributed by atoms with E-state index in [0.29, 0.717) is 11.1 Å². The first kappa shape index (κ1) is 19.0. The molecule has 0 bridgehead atoms. The fraction of sp³-hybridized carbons (Fsp3) is 0.318. The maximum absolute atomic E-state index is 12.2. The molecule has 150 valence electrons. The molecule has 1 aliphatic heterocycles. The van der Waals surface area contributed by atoms with E-state index in [4.69, 9.17) is 4.74 Å². The van der Waals surface area contributed by atoms with Crippen molar-refractivity contribution in [3.63, 3.8) is 0 Å². The Hall–Kier alpha value is -3.35. The second kappa shape index (κ2) is 8.77. The standard InChI is InChI=1S/C22H24N4O3/c27-20(15-29-22(28)21-18-7-3-4-8-19(18)24-25-21)23-16-9-11-17(12-10-16)26-13-5-1-2-6-14-26/h3-4,7-12H,1-2,5-6,13-15H2,(H,23,27)(H,24,25). The lowest BCUT2D eigenvalue weighted by Crippen LogP contribution is -2.24. The van der Waals surface area contributed by atoms with Gasteiger partial charge in [-0.05, 0) is 43.2 Å². The predicted octanol–water partition coefficient (Wildman–Crippen LogP) is 3.74. The fourth-order valence-corrected chi connectivity index (χ4v) is 3.60. The van der Waals surface area contributed by atoms with Gasteiger partial charge in [0, 0.05) is 29.9 Å². The molecule has 7 nitrogen and oxygen atoms in total. The minimum absolute atomic E-state index is 0.176. The Morgan fingerprint density at radius 1 is 1.00 bits per heavy atom. The molecule has 0 atom stereocenters.